The van der Waals surface area contributed by atoms with Crippen LogP contribution in [0.4, 0.5) is 0 Å². The van der Waals surface area contributed by atoms with Gasteiger partial charge >= 0.3 is 0 Å². The van der Waals surface area contributed by atoms with E-state index in [1.807, 2.05) is 0 Å². The van der Waals surface area contributed by atoms with E-state index in [-0.39, 0.29) is 0 Å². The normalized spacial score (nSPS) is 11.6. The highest BCUT2D eigenvalue weighted by Gasteiger charge is 2.08. The minimum atomic E-state index is 1.14. The van der Waals surface area contributed by atoms with Crippen molar-refractivity contribution < 1.29 is 0 Å². The molecule has 0 amide bonds. The van der Waals surface area contributed by atoms with Crippen molar-refractivity contribution in [1.29, 1.82) is 0 Å². The average Bonchev–Trinajstić information content (AvgIpc) is 3.23. The Morgan fingerprint density at radius 1 is 0.444 bits per heavy atom. The lowest BCUT2D eigenvalue weighted by Crippen LogP contribution is -1.97. The van der Waals surface area contributed by atoms with Crippen molar-refractivity contribution in [1.82, 2.24) is 4.57 Å². The molecule has 0 unspecified atom stereocenters. The fourth-order valence-corrected chi connectivity index (χ4v) is 5.81. The molecule has 0 radical (unpaired) electrons. The zero-order chi connectivity index (χ0) is 25.1. The fraction of sp³-hybridized carbons (Fsp3) is 0.600. The standard InChI is InChI=1S/C35H53N/c1-2-3-4-5-6-7-8-9-10-11-12-13-14-15-16-17-18-19-20-21-26-31-36-34-29-24-22-27-32(34)33-28-23-25-30-35(33)36/h2,22-25,27-30H,1,3-21,26,31H2. The van der Waals surface area contributed by atoms with Crippen LogP contribution in [-0.4, -0.2) is 4.57 Å². The highest BCUT2D eigenvalue weighted by atomic mass is 15.0. The molecule has 3 aromatic rings. The van der Waals surface area contributed by atoms with Crippen molar-refractivity contribution in [2.24, 2.45) is 0 Å². The predicted octanol–water partition coefficient (Wildman–Crippen LogP) is 11.8. The van der Waals surface area contributed by atoms with Crippen LogP contribution >= 0.6 is 0 Å². The molecule has 0 atom stereocenters. The van der Waals surface area contributed by atoms with E-state index in [0.717, 1.165) is 6.54 Å². The number of aromatic nitrogens is 1. The summed E-state index contributed by atoms with van der Waals surface area (Å²) in [5, 5.41) is 2.79. The van der Waals surface area contributed by atoms with Gasteiger partial charge in [0.1, 0.15) is 0 Å². The molecule has 0 aliphatic carbocycles. The van der Waals surface area contributed by atoms with E-state index in [2.05, 4.69) is 65.8 Å². The Kier molecular flexibility index (Phi) is 14.5. The summed E-state index contributed by atoms with van der Waals surface area (Å²) < 4.78 is 2.54. The molecule has 0 N–H and O–H groups in total. The molecule has 1 heteroatoms. The number of allylic oxidation sites excluding steroid dienone is 1. The molecule has 0 saturated heterocycles. The number of rotatable bonds is 22. The van der Waals surface area contributed by atoms with Crippen molar-refractivity contribution in [3.05, 3.63) is 61.2 Å². The summed E-state index contributed by atoms with van der Waals surface area (Å²) in [6.45, 7) is 4.94. The van der Waals surface area contributed by atoms with Gasteiger partial charge in [0.25, 0.3) is 0 Å². The summed E-state index contributed by atoms with van der Waals surface area (Å²) in [7, 11) is 0. The van der Waals surface area contributed by atoms with Gasteiger partial charge in [0, 0.05) is 28.4 Å². The second kappa shape index (κ2) is 18.3. The van der Waals surface area contributed by atoms with Crippen LogP contribution in [0.2, 0.25) is 0 Å². The average molecular weight is 488 g/mol. The number of unbranched alkanes of at least 4 members (excludes halogenated alkanes) is 19. The number of benzene rings is 2. The first-order valence-corrected chi connectivity index (χ1v) is 15.5. The van der Waals surface area contributed by atoms with Crippen LogP contribution in [0, 0.1) is 0 Å². The fourth-order valence-electron chi connectivity index (χ4n) is 5.81. The van der Waals surface area contributed by atoms with Gasteiger partial charge in [-0.05, 0) is 31.4 Å². The monoisotopic (exact) mass is 487 g/mol. The van der Waals surface area contributed by atoms with Crippen LogP contribution in [0.1, 0.15) is 128 Å². The van der Waals surface area contributed by atoms with Crippen molar-refractivity contribution in [3.63, 3.8) is 0 Å². The predicted molar refractivity (Wildman–Crippen MR) is 162 cm³/mol. The number of hydrogen-bond donors (Lipinski definition) is 0. The first-order chi connectivity index (χ1) is 17.9. The maximum Gasteiger partial charge on any atom is 0.0491 e. The van der Waals surface area contributed by atoms with Crippen molar-refractivity contribution in [2.75, 3.05) is 0 Å². The minimum Gasteiger partial charge on any atom is -0.340 e. The van der Waals surface area contributed by atoms with E-state index < -0.39 is 0 Å². The Bertz CT molecular complexity index is 912. The lowest BCUT2D eigenvalue weighted by Gasteiger charge is -2.08. The van der Waals surface area contributed by atoms with E-state index in [1.165, 1.54) is 150 Å². The smallest absolute Gasteiger partial charge is 0.0491 e. The molecule has 3 rings (SSSR count). The summed E-state index contributed by atoms with van der Waals surface area (Å²) >= 11 is 0. The van der Waals surface area contributed by atoms with Gasteiger partial charge in [-0.25, -0.2) is 0 Å². The van der Waals surface area contributed by atoms with E-state index in [1.54, 1.807) is 0 Å². The molecule has 0 spiro atoms. The maximum atomic E-state index is 3.80. The number of fused-ring (bicyclic) bond motifs is 3. The lowest BCUT2D eigenvalue weighted by atomic mass is 10.0. The first kappa shape index (κ1) is 28.5. The van der Waals surface area contributed by atoms with Crippen LogP contribution in [0.5, 0.6) is 0 Å². The molecule has 0 bridgehead atoms. The second-order valence-electron chi connectivity index (χ2n) is 11.0. The zero-order valence-electron chi connectivity index (χ0n) is 23.2. The van der Waals surface area contributed by atoms with E-state index >= 15 is 0 Å². The first-order valence-electron chi connectivity index (χ1n) is 15.5. The largest absolute Gasteiger partial charge is 0.340 e. The summed E-state index contributed by atoms with van der Waals surface area (Å²) in [4.78, 5) is 0. The van der Waals surface area contributed by atoms with Crippen LogP contribution in [0.25, 0.3) is 21.8 Å². The van der Waals surface area contributed by atoms with Crippen molar-refractivity contribution in [2.45, 2.75) is 135 Å². The lowest BCUT2D eigenvalue weighted by molar-refractivity contribution is 0.519. The number of aryl methyl sites for hydroxylation is 1. The molecule has 198 valence electrons. The van der Waals surface area contributed by atoms with Crippen LogP contribution in [-0.2, 0) is 6.54 Å². The van der Waals surface area contributed by atoms with Gasteiger partial charge in [0.05, 0.1) is 0 Å². The summed E-state index contributed by atoms with van der Waals surface area (Å²) in [6.07, 6.45) is 30.3. The van der Waals surface area contributed by atoms with Crippen LogP contribution < -0.4 is 0 Å². The Balaban J connectivity index is 1.10. The molecular weight excluding hydrogens is 434 g/mol. The highest BCUT2D eigenvalue weighted by Crippen LogP contribution is 2.29. The molecule has 1 nitrogen and oxygen atoms in total. The number of hydrogen-bond acceptors (Lipinski definition) is 0. The molecular formula is C35H53N. The summed E-state index contributed by atoms with van der Waals surface area (Å²) in [6, 6.07) is 17.8. The van der Waals surface area contributed by atoms with Crippen molar-refractivity contribution >= 4 is 21.8 Å². The zero-order valence-corrected chi connectivity index (χ0v) is 23.2. The highest BCUT2D eigenvalue weighted by molar-refractivity contribution is 6.07. The summed E-state index contributed by atoms with van der Waals surface area (Å²) in [5.74, 6) is 0. The van der Waals surface area contributed by atoms with Crippen LogP contribution in [0.15, 0.2) is 61.2 Å². The quantitative estimate of drug-likeness (QED) is 0.0980. The van der Waals surface area contributed by atoms with Gasteiger partial charge in [-0.3, -0.25) is 0 Å². The third-order valence-corrected chi connectivity index (χ3v) is 7.97. The Morgan fingerprint density at radius 2 is 0.778 bits per heavy atom. The van der Waals surface area contributed by atoms with Gasteiger partial charge in [0.15, 0.2) is 0 Å². The number of nitrogens with zero attached hydrogens (tertiary/aromatic N) is 1. The maximum absolute atomic E-state index is 3.80. The molecule has 1 heterocycles. The van der Waals surface area contributed by atoms with Crippen LogP contribution in [0.3, 0.4) is 0 Å². The third-order valence-electron chi connectivity index (χ3n) is 7.97. The van der Waals surface area contributed by atoms with Gasteiger partial charge in [-0.1, -0.05) is 152 Å². The molecule has 0 fully saturated rings. The van der Waals surface area contributed by atoms with Crippen molar-refractivity contribution in [3.8, 4) is 0 Å². The molecule has 1 aromatic heterocycles. The van der Waals surface area contributed by atoms with Gasteiger partial charge in [0.2, 0.25) is 0 Å². The van der Waals surface area contributed by atoms with Gasteiger partial charge < -0.3 is 4.57 Å². The molecule has 0 aliphatic rings. The topological polar surface area (TPSA) is 4.93 Å². The van der Waals surface area contributed by atoms with E-state index in [9.17, 15) is 0 Å². The second-order valence-corrected chi connectivity index (χ2v) is 11.0. The summed E-state index contributed by atoms with van der Waals surface area (Å²) in [5.41, 5.74) is 2.79. The number of para-hydroxylation sites is 2. The Labute approximate surface area is 222 Å². The molecule has 2 aromatic carbocycles. The Hall–Kier alpha value is -2.02. The SMILES string of the molecule is C=CCCCCCCCCCCCCCCCCCCCCCn1c2ccccc2c2ccccc21. The minimum absolute atomic E-state index is 1.14. The van der Waals surface area contributed by atoms with Gasteiger partial charge in [-0.2, -0.15) is 0 Å². The van der Waals surface area contributed by atoms with E-state index in [0.29, 0.717) is 0 Å². The molecule has 0 saturated carbocycles. The molecule has 36 heavy (non-hydrogen) atoms. The third kappa shape index (κ3) is 10.2. The van der Waals surface area contributed by atoms with E-state index in [4.69, 9.17) is 0 Å². The molecule has 0 aliphatic heterocycles. The Morgan fingerprint density at radius 3 is 1.17 bits per heavy atom. The van der Waals surface area contributed by atoms with Gasteiger partial charge in [-0.15, -0.1) is 6.58 Å².